The molecule has 1 aromatic carbocycles. The minimum Gasteiger partial charge on any atom is -0.396 e. The molecular formula is C16H20FN3O3. The van der Waals surface area contributed by atoms with Crippen molar-refractivity contribution < 1.29 is 9.13 Å². The van der Waals surface area contributed by atoms with E-state index < -0.39 is 17.1 Å². The van der Waals surface area contributed by atoms with Crippen molar-refractivity contribution in [1.29, 1.82) is 0 Å². The molecule has 7 heteroatoms. The van der Waals surface area contributed by atoms with Crippen LogP contribution in [0.15, 0.2) is 21.7 Å². The van der Waals surface area contributed by atoms with Crippen LogP contribution in [-0.4, -0.2) is 21.8 Å². The van der Waals surface area contributed by atoms with E-state index in [0.717, 1.165) is 18.9 Å². The zero-order chi connectivity index (χ0) is 16.7. The first-order chi connectivity index (χ1) is 10.9. The van der Waals surface area contributed by atoms with Gasteiger partial charge in [0.1, 0.15) is 5.82 Å². The van der Waals surface area contributed by atoms with Crippen molar-refractivity contribution >= 4 is 16.6 Å². The summed E-state index contributed by atoms with van der Waals surface area (Å²) in [6.07, 6.45) is 1.59. The molecule has 6 nitrogen and oxygen atoms in total. The molecule has 2 aromatic rings. The van der Waals surface area contributed by atoms with Gasteiger partial charge in [-0.2, -0.15) is 0 Å². The first kappa shape index (κ1) is 15.7. The molecule has 1 saturated heterocycles. The Bertz CT molecular complexity index is 863. The summed E-state index contributed by atoms with van der Waals surface area (Å²) in [6.45, 7) is 4.48. The molecule has 1 atom stereocenters. The molecule has 0 spiro atoms. The quantitative estimate of drug-likeness (QED) is 0.872. The maximum atomic E-state index is 13.8. The van der Waals surface area contributed by atoms with Gasteiger partial charge < -0.3 is 10.5 Å². The van der Waals surface area contributed by atoms with Crippen LogP contribution in [-0.2, 0) is 11.3 Å². The number of nitrogen functional groups attached to an aromatic ring is 1. The summed E-state index contributed by atoms with van der Waals surface area (Å²) >= 11 is 0. The topological polar surface area (TPSA) is 79.2 Å². The summed E-state index contributed by atoms with van der Waals surface area (Å²) in [4.78, 5) is 25.4. The summed E-state index contributed by atoms with van der Waals surface area (Å²) in [5, 5.41) is 0.246. The Morgan fingerprint density at radius 1 is 1.39 bits per heavy atom. The summed E-state index contributed by atoms with van der Waals surface area (Å²) in [5.41, 5.74) is 4.86. The average Bonchev–Trinajstić information content (AvgIpc) is 2.99. The fourth-order valence-corrected chi connectivity index (χ4v) is 3.07. The van der Waals surface area contributed by atoms with Gasteiger partial charge in [0.25, 0.3) is 5.56 Å². The molecule has 0 saturated carbocycles. The number of rotatable bonds is 3. The highest BCUT2D eigenvalue weighted by Gasteiger charge is 2.22. The van der Waals surface area contributed by atoms with E-state index in [2.05, 4.69) is 0 Å². The van der Waals surface area contributed by atoms with Crippen LogP contribution < -0.4 is 17.0 Å². The van der Waals surface area contributed by atoms with E-state index >= 15 is 0 Å². The number of anilines is 1. The highest BCUT2D eigenvalue weighted by Crippen LogP contribution is 2.20. The standard InChI is InChI=1S/C16H20FN3O3/c1-9(2)20-14-7-12(17)13(18)6-11(14)15(21)19(16(20)22)8-10-4-3-5-23-10/h6-7,9-10H,3-5,8,18H2,1-2H3. The van der Waals surface area contributed by atoms with E-state index in [1.54, 1.807) is 0 Å². The second-order valence-electron chi connectivity index (χ2n) is 6.19. The van der Waals surface area contributed by atoms with E-state index in [9.17, 15) is 14.0 Å². The third-order valence-electron chi connectivity index (χ3n) is 4.21. The molecule has 1 fully saturated rings. The van der Waals surface area contributed by atoms with Crippen LogP contribution in [0.3, 0.4) is 0 Å². The van der Waals surface area contributed by atoms with Crippen LogP contribution in [0.4, 0.5) is 10.1 Å². The van der Waals surface area contributed by atoms with Gasteiger partial charge in [0.05, 0.1) is 29.2 Å². The van der Waals surface area contributed by atoms with Crippen molar-refractivity contribution in [2.45, 2.75) is 45.4 Å². The molecule has 1 aliphatic heterocycles. The number of ether oxygens (including phenoxy) is 1. The van der Waals surface area contributed by atoms with Crippen LogP contribution in [0, 0.1) is 5.82 Å². The number of nitrogens with two attached hydrogens (primary N) is 1. The van der Waals surface area contributed by atoms with Gasteiger partial charge in [-0.05, 0) is 32.8 Å². The van der Waals surface area contributed by atoms with Gasteiger partial charge in [-0.1, -0.05) is 0 Å². The molecule has 0 amide bonds. The van der Waals surface area contributed by atoms with Crippen molar-refractivity contribution in [1.82, 2.24) is 9.13 Å². The molecule has 2 N–H and O–H groups in total. The zero-order valence-electron chi connectivity index (χ0n) is 13.2. The lowest BCUT2D eigenvalue weighted by atomic mass is 10.2. The Labute approximate surface area is 132 Å². The maximum absolute atomic E-state index is 13.8. The first-order valence-corrected chi connectivity index (χ1v) is 7.76. The molecule has 0 aliphatic carbocycles. The van der Waals surface area contributed by atoms with Crippen molar-refractivity contribution in [3.63, 3.8) is 0 Å². The highest BCUT2D eigenvalue weighted by molar-refractivity contribution is 5.82. The van der Waals surface area contributed by atoms with Crippen LogP contribution in [0.1, 0.15) is 32.7 Å². The van der Waals surface area contributed by atoms with Gasteiger partial charge >= 0.3 is 5.69 Å². The molecule has 2 heterocycles. The minimum atomic E-state index is -0.637. The zero-order valence-corrected chi connectivity index (χ0v) is 13.2. The van der Waals surface area contributed by atoms with Crippen molar-refractivity contribution in [2.75, 3.05) is 12.3 Å². The van der Waals surface area contributed by atoms with Gasteiger partial charge in [-0.15, -0.1) is 0 Å². The smallest absolute Gasteiger partial charge is 0.331 e. The van der Waals surface area contributed by atoms with Crippen LogP contribution in [0.5, 0.6) is 0 Å². The van der Waals surface area contributed by atoms with Gasteiger partial charge in [0.2, 0.25) is 0 Å². The Kier molecular flexibility index (Phi) is 3.97. The number of fused-ring (bicyclic) bond motifs is 1. The van der Waals surface area contributed by atoms with Crippen molar-refractivity contribution in [3.05, 3.63) is 38.8 Å². The third-order valence-corrected chi connectivity index (χ3v) is 4.21. The lowest BCUT2D eigenvalue weighted by Gasteiger charge is -2.19. The predicted octanol–water partition coefficient (Wildman–Crippen LogP) is 1.64. The predicted molar refractivity (Wildman–Crippen MR) is 86.2 cm³/mol. The molecule has 1 aromatic heterocycles. The van der Waals surface area contributed by atoms with Gasteiger partial charge in [0.15, 0.2) is 0 Å². The normalized spacial score (nSPS) is 18.2. The Hall–Kier alpha value is -2.15. The largest absolute Gasteiger partial charge is 0.396 e. The van der Waals surface area contributed by atoms with Crippen LogP contribution >= 0.6 is 0 Å². The summed E-state index contributed by atoms with van der Waals surface area (Å²) in [7, 11) is 0. The molecule has 124 valence electrons. The second kappa shape index (κ2) is 5.81. The molecular weight excluding hydrogens is 301 g/mol. The number of hydrogen-bond donors (Lipinski definition) is 1. The van der Waals surface area contributed by atoms with Crippen molar-refractivity contribution in [3.8, 4) is 0 Å². The van der Waals surface area contributed by atoms with Gasteiger partial charge in [-0.3, -0.25) is 13.9 Å². The molecule has 3 rings (SSSR count). The number of halogens is 1. The Morgan fingerprint density at radius 3 is 2.74 bits per heavy atom. The van der Waals surface area contributed by atoms with Crippen LogP contribution in [0.25, 0.3) is 10.9 Å². The number of hydrogen-bond acceptors (Lipinski definition) is 4. The number of nitrogens with zero attached hydrogens (tertiary/aromatic N) is 2. The highest BCUT2D eigenvalue weighted by atomic mass is 19.1. The maximum Gasteiger partial charge on any atom is 0.331 e. The second-order valence-corrected chi connectivity index (χ2v) is 6.19. The monoisotopic (exact) mass is 321 g/mol. The van der Waals surface area contributed by atoms with E-state index in [-0.39, 0.29) is 35.3 Å². The van der Waals surface area contributed by atoms with E-state index in [4.69, 9.17) is 10.5 Å². The SMILES string of the molecule is CC(C)n1c(=O)n(CC2CCCO2)c(=O)c2cc(N)c(F)cc21. The Balaban J connectivity index is 2.30. The lowest BCUT2D eigenvalue weighted by molar-refractivity contribution is 0.0947. The van der Waals surface area contributed by atoms with Gasteiger partial charge in [-0.25, -0.2) is 9.18 Å². The molecule has 23 heavy (non-hydrogen) atoms. The Morgan fingerprint density at radius 2 is 2.13 bits per heavy atom. The summed E-state index contributed by atoms with van der Waals surface area (Å²) in [5.74, 6) is -0.637. The fraction of sp³-hybridized carbons (Fsp3) is 0.500. The van der Waals surface area contributed by atoms with E-state index in [1.165, 1.54) is 15.2 Å². The summed E-state index contributed by atoms with van der Waals surface area (Å²) < 4.78 is 21.9. The van der Waals surface area contributed by atoms with Crippen LogP contribution in [0.2, 0.25) is 0 Å². The van der Waals surface area contributed by atoms with E-state index in [0.29, 0.717) is 6.61 Å². The molecule has 1 aliphatic rings. The third kappa shape index (κ3) is 2.65. The van der Waals surface area contributed by atoms with Crippen molar-refractivity contribution in [2.24, 2.45) is 0 Å². The molecule has 0 radical (unpaired) electrons. The molecule has 0 bridgehead atoms. The fourth-order valence-electron chi connectivity index (χ4n) is 3.07. The average molecular weight is 321 g/mol. The summed E-state index contributed by atoms with van der Waals surface area (Å²) in [6, 6.07) is 2.24. The first-order valence-electron chi connectivity index (χ1n) is 7.76. The number of benzene rings is 1. The minimum absolute atomic E-state index is 0.104. The van der Waals surface area contributed by atoms with E-state index in [1.807, 2.05) is 13.8 Å². The molecule has 1 unspecified atom stereocenters. The number of aromatic nitrogens is 2. The van der Waals surface area contributed by atoms with Gasteiger partial charge in [0, 0.05) is 18.7 Å². The lowest BCUT2D eigenvalue weighted by Crippen LogP contribution is -2.43.